The highest BCUT2D eigenvalue weighted by Gasteiger charge is 2.29. The fourth-order valence-corrected chi connectivity index (χ4v) is 6.86. The molecular weight excluding hydrogens is 469 g/mol. The zero-order valence-corrected chi connectivity index (χ0v) is 21.5. The van der Waals surface area contributed by atoms with Crippen molar-refractivity contribution in [2.45, 2.75) is 70.3 Å². The van der Waals surface area contributed by atoms with Gasteiger partial charge in [-0.15, -0.1) is 0 Å². The number of allylic oxidation sites excluding steroid dienone is 2. The number of aryl methyl sites for hydroxylation is 1. The number of rotatable bonds is 2. The molecule has 2 aromatic carbocycles. The molecule has 5 rings (SSSR count). The molecular formula is C29H32Cl3N. The van der Waals surface area contributed by atoms with Crippen LogP contribution in [-0.4, -0.2) is 24.0 Å². The van der Waals surface area contributed by atoms with E-state index < -0.39 is 0 Å². The lowest BCUT2D eigenvalue weighted by Crippen LogP contribution is -2.43. The molecule has 0 amide bonds. The van der Waals surface area contributed by atoms with Gasteiger partial charge in [0, 0.05) is 34.2 Å². The monoisotopic (exact) mass is 499 g/mol. The van der Waals surface area contributed by atoms with Gasteiger partial charge in [0.05, 0.1) is 0 Å². The third-order valence-electron chi connectivity index (χ3n) is 7.77. The summed E-state index contributed by atoms with van der Waals surface area (Å²) in [6, 6.07) is 12.9. The molecule has 1 atom stereocenters. The Hall–Kier alpha value is -1.25. The molecule has 0 spiro atoms. The first-order valence-electron chi connectivity index (χ1n) is 12.4. The molecule has 0 N–H and O–H groups in total. The second kappa shape index (κ2) is 10.6. The summed E-state index contributed by atoms with van der Waals surface area (Å²) < 4.78 is 0. The molecule has 4 heteroatoms. The summed E-state index contributed by atoms with van der Waals surface area (Å²) in [6.45, 7) is 2.32. The van der Waals surface area contributed by atoms with Crippen LogP contribution in [0.15, 0.2) is 53.6 Å². The number of fused-ring (bicyclic) bond motifs is 1. The van der Waals surface area contributed by atoms with Gasteiger partial charge >= 0.3 is 0 Å². The van der Waals surface area contributed by atoms with E-state index in [4.69, 9.17) is 34.8 Å². The van der Waals surface area contributed by atoms with Crippen LogP contribution < -0.4 is 0 Å². The summed E-state index contributed by atoms with van der Waals surface area (Å²) in [5.74, 6) is 0. The standard InChI is InChI=1S/C29H32Cl3N/c30-24-16-22-12-13-25(18-27(22)29(32)17-24)33-15-14-20-6-1-2-7-21(8-5-9-23(20)19-33)26-10-3-4-11-28(26)31/h3-4,7,10-11,16-17,25H,1-2,5-6,8-9,12-15,18-19H2/b21-7-. The Labute approximate surface area is 213 Å². The average Bonchev–Trinajstić information content (AvgIpc) is 2.82. The maximum Gasteiger partial charge on any atom is 0.0481 e. The molecule has 0 fully saturated rings. The molecule has 3 aliphatic rings. The van der Waals surface area contributed by atoms with Crippen molar-refractivity contribution < 1.29 is 0 Å². The van der Waals surface area contributed by atoms with Crippen molar-refractivity contribution in [3.63, 3.8) is 0 Å². The number of hydrogen-bond acceptors (Lipinski definition) is 1. The minimum Gasteiger partial charge on any atom is -0.296 e. The van der Waals surface area contributed by atoms with Gasteiger partial charge in [-0.25, -0.2) is 0 Å². The maximum absolute atomic E-state index is 6.58. The molecule has 1 aliphatic heterocycles. The van der Waals surface area contributed by atoms with Crippen LogP contribution >= 0.6 is 34.8 Å². The Bertz CT molecular complexity index is 1080. The molecule has 0 saturated carbocycles. The van der Waals surface area contributed by atoms with Crippen molar-refractivity contribution in [2.24, 2.45) is 0 Å². The summed E-state index contributed by atoms with van der Waals surface area (Å²) in [5, 5.41) is 2.48. The quantitative estimate of drug-likeness (QED) is 0.372. The number of nitrogens with zero attached hydrogens (tertiary/aromatic N) is 1. The van der Waals surface area contributed by atoms with E-state index in [1.807, 2.05) is 18.2 Å². The van der Waals surface area contributed by atoms with Crippen LogP contribution in [0.1, 0.15) is 68.1 Å². The van der Waals surface area contributed by atoms with E-state index in [1.54, 1.807) is 11.1 Å². The van der Waals surface area contributed by atoms with Gasteiger partial charge in [-0.05, 0) is 105 Å². The van der Waals surface area contributed by atoms with Gasteiger partial charge in [0.15, 0.2) is 0 Å². The highest BCUT2D eigenvalue weighted by molar-refractivity contribution is 6.35. The van der Waals surface area contributed by atoms with E-state index >= 15 is 0 Å². The number of halogens is 3. The van der Waals surface area contributed by atoms with Gasteiger partial charge in [0.1, 0.15) is 0 Å². The molecule has 1 unspecified atom stereocenters. The molecule has 1 heterocycles. The lowest BCUT2D eigenvalue weighted by molar-refractivity contribution is 0.184. The Morgan fingerprint density at radius 3 is 2.55 bits per heavy atom. The van der Waals surface area contributed by atoms with Crippen molar-refractivity contribution in [1.29, 1.82) is 0 Å². The van der Waals surface area contributed by atoms with Crippen LogP contribution in [0.25, 0.3) is 5.57 Å². The van der Waals surface area contributed by atoms with Crippen LogP contribution in [-0.2, 0) is 12.8 Å². The molecule has 0 saturated heterocycles. The topological polar surface area (TPSA) is 3.24 Å². The first-order valence-corrected chi connectivity index (χ1v) is 13.6. The maximum atomic E-state index is 6.58. The second-order valence-corrected chi connectivity index (χ2v) is 11.1. The Morgan fingerprint density at radius 1 is 0.818 bits per heavy atom. The average molecular weight is 501 g/mol. The van der Waals surface area contributed by atoms with Crippen LogP contribution in [0.4, 0.5) is 0 Å². The van der Waals surface area contributed by atoms with Crippen LogP contribution in [0.5, 0.6) is 0 Å². The third-order valence-corrected chi connectivity index (χ3v) is 8.65. The lowest BCUT2D eigenvalue weighted by Gasteiger charge is -2.40. The first kappa shape index (κ1) is 23.5. The van der Waals surface area contributed by atoms with E-state index in [-0.39, 0.29) is 0 Å². The van der Waals surface area contributed by atoms with Crippen LogP contribution in [0.2, 0.25) is 15.1 Å². The zero-order valence-electron chi connectivity index (χ0n) is 19.2. The van der Waals surface area contributed by atoms with Gasteiger partial charge in [0.25, 0.3) is 0 Å². The SMILES string of the molecule is Clc1cc(Cl)c2c(c1)CCC(N1CCC3=C(CCC/C(c4ccccc4Cl)=C/CCC3)C1)C2. The largest absolute Gasteiger partial charge is 0.296 e. The summed E-state index contributed by atoms with van der Waals surface area (Å²) in [6.07, 6.45) is 14.1. The Morgan fingerprint density at radius 2 is 1.67 bits per heavy atom. The normalized spacial score (nSPS) is 24.0. The summed E-state index contributed by atoms with van der Waals surface area (Å²) in [4.78, 5) is 2.74. The Kier molecular flexibility index (Phi) is 7.52. The van der Waals surface area contributed by atoms with Gasteiger partial charge < -0.3 is 0 Å². The van der Waals surface area contributed by atoms with Crippen LogP contribution in [0.3, 0.4) is 0 Å². The molecule has 2 aliphatic carbocycles. The minimum absolute atomic E-state index is 0.583. The molecule has 0 radical (unpaired) electrons. The fourth-order valence-electron chi connectivity index (χ4n) is 5.99. The minimum atomic E-state index is 0.583. The fraction of sp³-hybridized carbons (Fsp3) is 0.448. The third kappa shape index (κ3) is 5.38. The van der Waals surface area contributed by atoms with Crippen molar-refractivity contribution in [2.75, 3.05) is 13.1 Å². The second-order valence-electron chi connectivity index (χ2n) is 9.80. The van der Waals surface area contributed by atoms with Gasteiger partial charge in [-0.2, -0.15) is 0 Å². The predicted octanol–water partition coefficient (Wildman–Crippen LogP) is 8.94. The summed E-state index contributed by atoms with van der Waals surface area (Å²) in [5.41, 5.74) is 8.75. The van der Waals surface area contributed by atoms with Gasteiger partial charge in [-0.3, -0.25) is 4.90 Å². The summed E-state index contributed by atoms with van der Waals surface area (Å²) in [7, 11) is 0. The zero-order chi connectivity index (χ0) is 22.8. The number of hydrogen-bond donors (Lipinski definition) is 0. The molecule has 0 aromatic heterocycles. The van der Waals surface area contributed by atoms with Crippen LogP contribution in [0, 0.1) is 0 Å². The Balaban J connectivity index is 1.27. The highest BCUT2D eigenvalue weighted by atomic mass is 35.5. The van der Waals surface area contributed by atoms with Crippen molar-refractivity contribution in [3.05, 3.63) is 85.4 Å². The number of benzene rings is 2. The first-order chi connectivity index (χ1) is 16.1. The van der Waals surface area contributed by atoms with Crippen molar-refractivity contribution in [1.82, 2.24) is 4.90 Å². The van der Waals surface area contributed by atoms with E-state index in [9.17, 15) is 0 Å². The predicted molar refractivity (Wildman–Crippen MR) is 143 cm³/mol. The molecule has 174 valence electrons. The van der Waals surface area contributed by atoms with E-state index in [1.165, 1.54) is 67.3 Å². The molecule has 1 nitrogen and oxygen atoms in total. The van der Waals surface area contributed by atoms with Crippen molar-refractivity contribution in [3.8, 4) is 0 Å². The van der Waals surface area contributed by atoms with E-state index in [0.29, 0.717) is 6.04 Å². The van der Waals surface area contributed by atoms with E-state index in [2.05, 4.69) is 29.2 Å². The van der Waals surface area contributed by atoms with Gasteiger partial charge in [-0.1, -0.05) is 70.2 Å². The summed E-state index contributed by atoms with van der Waals surface area (Å²) >= 11 is 19.3. The van der Waals surface area contributed by atoms with E-state index in [0.717, 1.165) is 47.3 Å². The highest BCUT2D eigenvalue weighted by Crippen LogP contribution is 2.37. The molecule has 0 bridgehead atoms. The lowest BCUT2D eigenvalue weighted by atomic mass is 9.84. The smallest absolute Gasteiger partial charge is 0.0481 e. The van der Waals surface area contributed by atoms with Crippen molar-refractivity contribution >= 4 is 40.4 Å². The molecule has 33 heavy (non-hydrogen) atoms. The molecule has 2 aromatic rings. The van der Waals surface area contributed by atoms with Gasteiger partial charge in [0.2, 0.25) is 0 Å².